The van der Waals surface area contributed by atoms with Crippen molar-refractivity contribution in [1.82, 2.24) is 5.32 Å². The number of rotatable bonds is 2. The summed E-state index contributed by atoms with van der Waals surface area (Å²) in [6.45, 7) is 4.44. The van der Waals surface area contributed by atoms with Gasteiger partial charge in [-0.2, -0.15) is 0 Å². The third-order valence-electron chi connectivity index (χ3n) is 3.25. The van der Waals surface area contributed by atoms with E-state index < -0.39 is 0 Å². The molecule has 1 amide bonds. The standard InChI is InChI=1S/C10H18ClNO/c1-7-3-4-9(12-6-13)5-10(11)8(7)2/h6-10H,3-5H2,1-2H3,(H,12,13)/t7?,8?,9?,10-/m1/s1. The third kappa shape index (κ3) is 2.87. The number of nitrogens with one attached hydrogen (secondary N) is 1. The molecule has 0 radical (unpaired) electrons. The summed E-state index contributed by atoms with van der Waals surface area (Å²) in [7, 11) is 0. The second-order valence-electron chi connectivity index (χ2n) is 4.15. The van der Waals surface area contributed by atoms with E-state index in [2.05, 4.69) is 19.2 Å². The Balaban J connectivity index is 2.53. The largest absolute Gasteiger partial charge is 0.356 e. The van der Waals surface area contributed by atoms with E-state index in [0.717, 1.165) is 25.7 Å². The van der Waals surface area contributed by atoms with Gasteiger partial charge in [-0.15, -0.1) is 11.6 Å². The molecule has 76 valence electrons. The molecular formula is C10H18ClNO. The molecule has 1 fully saturated rings. The minimum Gasteiger partial charge on any atom is -0.356 e. The zero-order valence-corrected chi connectivity index (χ0v) is 9.05. The van der Waals surface area contributed by atoms with Crippen molar-refractivity contribution in [1.29, 1.82) is 0 Å². The molecule has 0 saturated heterocycles. The molecule has 4 atom stereocenters. The third-order valence-corrected chi connectivity index (χ3v) is 3.83. The molecule has 2 nitrogen and oxygen atoms in total. The molecule has 1 aliphatic carbocycles. The summed E-state index contributed by atoms with van der Waals surface area (Å²) in [6, 6.07) is 0.285. The van der Waals surface area contributed by atoms with E-state index in [-0.39, 0.29) is 11.4 Å². The number of carbonyl (C=O) groups is 1. The van der Waals surface area contributed by atoms with E-state index >= 15 is 0 Å². The topological polar surface area (TPSA) is 29.1 Å². The van der Waals surface area contributed by atoms with Crippen molar-refractivity contribution < 1.29 is 4.79 Å². The summed E-state index contributed by atoms with van der Waals surface area (Å²) in [4.78, 5) is 10.3. The van der Waals surface area contributed by atoms with Crippen LogP contribution >= 0.6 is 11.6 Å². The fourth-order valence-electron chi connectivity index (χ4n) is 1.94. The molecule has 0 aliphatic heterocycles. The summed E-state index contributed by atoms with van der Waals surface area (Å²) in [5.74, 6) is 1.22. The van der Waals surface area contributed by atoms with E-state index in [1.807, 2.05) is 0 Å². The van der Waals surface area contributed by atoms with E-state index in [1.54, 1.807) is 0 Å². The second-order valence-corrected chi connectivity index (χ2v) is 4.71. The first-order chi connectivity index (χ1) is 6.15. The molecule has 1 saturated carbocycles. The van der Waals surface area contributed by atoms with Crippen LogP contribution in [0.3, 0.4) is 0 Å². The minimum atomic E-state index is 0.204. The maximum atomic E-state index is 10.3. The number of hydrogen-bond donors (Lipinski definition) is 1. The SMILES string of the molecule is CC1CCC(NC=O)C[C@@H](Cl)C1C. The van der Waals surface area contributed by atoms with Crippen LogP contribution in [-0.4, -0.2) is 17.8 Å². The van der Waals surface area contributed by atoms with Gasteiger partial charge in [0.15, 0.2) is 0 Å². The lowest BCUT2D eigenvalue weighted by molar-refractivity contribution is -0.110. The summed E-state index contributed by atoms with van der Waals surface area (Å²) in [5.41, 5.74) is 0. The van der Waals surface area contributed by atoms with Crippen LogP contribution in [0.2, 0.25) is 0 Å². The van der Waals surface area contributed by atoms with Gasteiger partial charge in [0.2, 0.25) is 6.41 Å². The Labute approximate surface area is 85.0 Å². The maximum Gasteiger partial charge on any atom is 0.207 e. The van der Waals surface area contributed by atoms with Crippen LogP contribution in [0, 0.1) is 11.8 Å². The molecule has 0 aromatic rings. The Kier molecular flexibility index (Phi) is 4.04. The van der Waals surface area contributed by atoms with Crippen LogP contribution in [0.1, 0.15) is 33.1 Å². The van der Waals surface area contributed by atoms with Gasteiger partial charge in [-0.3, -0.25) is 4.79 Å². The molecule has 0 spiro atoms. The molecular weight excluding hydrogens is 186 g/mol. The molecule has 1 N–H and O–H groups in total. The van der Waals surface area contributed by atoms with E-state index in [4.69, 9.17) is 11.6 Å². The predicted octanol–water partition coefficient (Wildman–Crippen LogP) is 2.16. The first-order valence-corrected chi connectivity index (χ1v) is 5.42. The predicted molar refractivity (Wildman–Crippen MR) is 54.8 cm³/mol. The molecule has 0 aromatic heterocycles. The highest BCUT2D eigenvalue weighted by Crippen LogP contribution is 2.31. The minimum absolute atomic E-state index is 0.204. The zero-order chi connectivity index (χ0) is 9.84. The summed E-state index contributed by atoms with van der Waals surface area (Å²) >= 11 is 6.24. The Bertz CT molecular complexity index is 174. The number of carbonyl (C=O) groups excluding carboxylic acids is 1. The zero-order valence-electron chi connectivity index (χ0n) is 8.29. The average Bonchev–Trinajstić information content (AvgIpc) is 2.21. The average molecular weight is 204 g/mol. The van der Waals surface area contributed by atoms with Crippen LogP contribution in [-0.2, 0) is 4.79 Å². The van der Waals surface area contributed by atoms with Crippen LogP contribution < -0.4 is 5.32 Å². The molecule has 0 heterocycles. The fraction of sp³-hybridized carbons (Fsp3) is 0.900. The van der Waals surface area contributed by atoms with Crippen molar-refractivity contribution >= 4 is 18.0 Å². The number of amides is 1. The van der Waals surface area contributed by atoms with Crippen LogP contribution in [0.4, 0.5) is 0 Å². The lowest BCUT2D eigenvalue weighted by Gasteiger charge is -2.20. The molecule has 1 aliphatic rings. The van der Waals surface area contributed by atoms with Crippen molar-refractivity contribution in [2.24, 2.45) is 11.8 Å². The summed E-state index contributed by atoms with van der Waals surface area (Å²) < 4.78 is 0. The van der Waals surface area contributed by atoms with Crippen molar-refractivity contribution in [3.63, 3.8) is 0 Å². The van der Waals surface area contributed by atoms with E-state index in [1.165, 1.54) is 0 Å². The molecule has 3 unspecified atom stereocenters. The number of hydrogen-bond acceptors (Lipinski definition) is 1. The van der Waals surface area contributed by atoms with Gasteiger partial charge in [0, 0.05) is 11.4 Å². The Morgan fingerprint density at radius 2 is 2.08 bits per heavy atom. The molecule has 1 rings (SSSR count). The first-order valence-electron chi connectivity index (χ1n) is 4.99. The van der Waals surface area contributed by atoms with Gasteiger partial charge < -0.3 is 5.32 Å². The smallest absolute Gasteiger partial charge is 0.207 e. The van der Waals surface area contributed by atoms with E-state index in [9.17, 15) is 4.79 Å². The Morgan fingerprint density at radius 1 is 1.38 bits per heavy atom. The van der Waals surface area contributed by atoms with Crippen molar-refractivity contribution in [2.45, 2.75) is 44.5 Å². The van der Waals surface area contributed by atoms with Gasteiger partial charge in [-0.05, 0) is 31.1 Å². The van der Waals surface area contributed by atoms with Gasteiger partial charge in [-0.25, -0.2) is 0 Å². The highest BCUT2D eigenvalue weighted by molar-refractivity contribution is 6.20. The van der Waals surface area contributed by atoms with Gasteiger partial charge >= 0.3 is 0 Å². The van der Waals surface area contributed by atoms with Gasteiger partial charge in [0.1, 0.15) is 0 Å². The maximum absolute atomic E-state index is 10.3. The van der Waals surface area contributed by atoms with Gasteiger partial charge in [0.25, 0.3) is 0 Å². The lowest BCUT2D eigenvalue weighted by atomic mass is 9.91. The lowest BCUT2D eigenvalue weighted by Crippen LogP contribution is -2.29. The van der Waals surface area contributed by atoms with E-state index in [0.29, 0.717) is 11.8 Å². The van der Waals surface area contributed by atoms with Gasteiger partial charge in [-0.1, -0.05) is 13.8 Å². The summed E-state index contributed by atoms with van der Waals surface area (Å²) in [6.07, 6.45) is 3.92. The van der Waals surface area contributed by atoms with Crippen molar-refractivity contribution in [2.75, 3.05) is 0 Å². The van der Waals surface area contributed by atoms with Crippen LogP contribution in [0.15, 0.2) is 0 Å². The molecule has 3 heteroatoms. The van der Waals surface area contributed by atoms with Gasteiger partial charge in [0.05, 0.1) is 0 Å². The highest BCUT2D eigenvalue weighted by atomic mass is 35.5. The normalized spacial score (nSPS) is 40.8. The summed E-state index contributed by atoms with van der Waals surface area (Å²) in [5, 5.41) is 3.03. The van der Waals surface area contributed by atoms with Crippen molar-refractivity contribution in [3.05, 3.63) is 0 Å². The second kappa shape index (κ2) is 4.85. The fourth-order valence-corrected chi connectivity index (χ4v) is 2.40. The molecule has 0 bridgehead atoms. The first kappa shape index (κ1) is 10.8. The van der Waals surface area contributed by atoms with Crippen LogP contribution in [0.5, 0.6) is 0 Å². The Morgan fingerprint density at radius 3 is 2.69 bits per heavy atom. The Hall–Kier alpha value is -0.240. The molecule has 13 heavy (non-hydrogen) atoms. The highest BCUT2D eigenvalue weighted by Gasteiger charge is 2.28. The number of alkyl halides is 1. The van der Waals surface area contributed by atoms with Crippen molar-refractivity contribution in [3.8, 4) is 0 Å². The number of halogens is 1. The molecule has 0 aromatic carbocycles. The monoisotopic (exact) mass is 203 g/mol. The van der Waals surface area contributed by atoms with Crippen LogP contribution in [0.25, 0.3) is 0 Å². The quantitative estimate of drug-likeness (QED) is 0.416.